The van der Waals surface area contributed by atoms with Crippen LogP contribution in [-0.2, 0) is 0 Å². The van der Waals surface area contributed by atoms with Crippen LogP contribution in [-0.4, -0.2) is 35.7 Å². The second kappa shape index (κ2) is 5.21. The van der Waals surface area contributed by atoms with Crippen molar-refractivity contribution in [2.75, 3.05) is 31.3 Å². The van der Waals surface area contributed by atoms with E-state index in [2.05, 4.69) is 25.6 Å². The van der Waals surface area contributed by atoms with Crippen LogP contribution in [0.25, 0.3) is 0 Å². The molecule has 0 aromatic carbocycles. The maximum atomic E-state index is 5.30. The summed E-state index contributed by atoms with van der Waals surface area (Å²) in [6.07, 6.45) is 0.926. The molecule has 0 atom stereocenters. The van der Waals surface area contributed by atoms with E-state index in [-0.39, 0.29) is 0 Å². The normalized spacial score (nSPS) is 9.64. The summed E-state index contributed by atoms with van der Waals surface area (Å²) in [6.45, 7) is 2.63. The first kappa shape index (κ1) is 10.5. The minimum absolute atomic E-state index is 0.343. The molecule has 0 radical (unpaired) electrons. The molecule has 0 aliphatic heterocycles. The number of ether oxygens (including phenoxy) is 1. The van der Waals surface area contributed by atoms with Crippen molar-refractivity contribution in [1.82, 2.24) is 15.0 Å². The van der Waals surface area contributed by atoms with Crippen molar-refractivity contribution in [1.29, 1.82) is 0 Å². The van der Waals surface area contributed by atoms with Gasteiger partial charge < -0.3 is 15.4 Å². The lowest BCUT2D eigenvalue weighted by atomic mass is 10.5. The van der Waals surface area contributed by atoms with Gasteiger partial charge in [-0.3, -0.25) is 0 Å². The van der Waals surface area contributed by atoms with Crippen LogP contribution in [0.15, 0.2) is 0 Å². The van der Waals surface area contributed by atoms with Gasteiger partial charge in [0.15, 0.2) is 0 Å². The Morgan fingerprint density at radius 2 is 1.64 bits per heavy atom. The summed E-state index contributed by atoms with van der Waals surface area (Å²) in [4.78, 5) is 12.1. The van der Waals surface area contributed by atoms with E-state index >= 15 is 0 Å². The molecule has 0 saturated heterocycles. The number of rotatable bonds is 5. The van der Waals surface area contributed by atoms with Crippen LogP contribution in [0.5, 0.6) is 6.01 Å². The summed E-state index contributed by atoms with van der Waals surface area (Å²) in [5.74, 6) is 0.992. The second-order valence-electron chi connectivity index (χ2n) is 2.61. The highest BCUT2D eigenvalue weighted by molar-refractivity contribution is 5.34. The van der Waals surface area contributed by atoms with E-state index in [0.29, 0.717) is 24.5 Å². The van der Waals surface area contributed by atoms with Gasteiger partial charge in [0.1, 0.15) is 0 Å². The van der Waals surface area contributed by atoms with Crippen LogP contribution in [0.1, 0.15) is 13.3 Å². The van der Waals surface area contributed by atoms with Crippen molar-refractivity contribution >= 4 is 11.9 Å². The fraction of sp³-hybridized carbons (Fsp3) is 0.625. The molecule has 0 fully saturated rings. The second-order valence-corrected chi connectivity index (χ2v) is 2.61. The van der Waals surface area contributed by atoms with Gasteiger partial charge in [0.2, 0.25) is 11.9 Å². The Labute approximate surface area is 83.1 Å². The highest BCUT2D eigenvalue weighted by Crippen LogP contribution is 2.09. The third-order valence-corrected chi connectivity index (χ3v) is 1.50. The molecule has 0 aliphatic rings. The molecule has 0 saturated carbocycles. The number of nitrogens with one attached hydrogen (secondary N) is 2. The Hall–Kier alpha value is -1.59. The Morgan fingerprint density at radius 1 is 1.07 bits per heavy atom. The average Bonchev–Trinajstić information content (AvgIpc) is 2.25. The largest absolute Gasteiger partial charge is 0.463 e. The van der Waals surface area contributed by atoms with Gasteiger partial charge in [-0.2, -0.15) is 15.0 Å². The Kier molecular flexibility index (Phi) is 3.90. The highest BCUT2D eigenvalue weighted by atomic mass is 16.5. The van der Waals surface area contributed by atoms with Gasteiger partial charge >= 0.3 is 6.01 Å². The van der Waals surface area contributed by atoms with Gasteiger partial charge in [0.05, 0.1) is 6.61 Å². The summed E-state index contributed by atoms with van der Waals surface area (Å²) in [5, 5.41) is 5.67. The van der Waals surface area contributed by atoms with E-state index in [4.69, 9.17) is 4.74 Å². The van der Waals surface area contributed by atoms with Crippen molar-refractivity contribution < 1.29 is 4.74 Å². The topological polar surface area (TPSA) is 72.0 Å². The van der Waals surface area contributed by atoms with Gasteiger partial charge in [-0.15, -0.1) is 0 Å². The van der Waals surface area contributed by atoms with E-state index in [9.17, 15) is 0 Å². The average molecular weight is 197 g/mol. The number of nitrogens with zero attached hydrogens (tertiary/aromatic N) is 3. The third kappa shape index (κ3) is 2.72. The zero-order valence-corrected chi connectivity index (χ0v) is 8.66. The summed E-state index contributed by atoms with van der Waals surface area (Å²) in [7, 11) is 3.50. The lowest BCUT2D eigenvalue weighted by molar-refractivity contribution is 0.292. The van der Waals surface area contributed by atoms with Crippen LogP contribution >= 0.6 is 0 Å². The summed E-state index contributed by atoms with van der Waals surface area (Å²) >= 11 is 0. The van der Waals surface area contributed by atoms with Crippen LogP contribution < -0.4 is 15.4 Å². The van der Waals surface area contributed by atoms with Gasteiger partial charge in [0, 0.05) is 14.1 Å². The quantitative estimate of drug-likeness (QED) is 0.725. The fourth-order valence-corrected chi connectivity index (χ4v) is 0.838. The lowest BCUT2D eigenvalue weighted by Crippen LogP contribution is -2.07. The number of aromatic nitrogens is 3. The Bertz CT molecular complexity index is 269. The first-order valence-corrected chi connectivity index (χ1v) is 4.54. The molecule has 0 unspecified atom stereocenters. The van der Waals surface area contributed by atoms with Gasteiger partial charge in [-0.1, -0.05) is 6.92 Å². The van der Waals surface area contributed by atoms with Crippen LogP contribution in [0.2, 0.25) is 0 Å². The zero-order chi connectivity index (χ0) is 10.4. The van der Waals surface area contributed by atoms with Crippen molar-refractivity contribution in [3.05, 3.63) is 0 Å². The fourth-order valence-electron chi connectivity index (χ4n) is 0.838. The molecule has 0 spiro atoms. The summed E-state index contributed by atoms with van der Waals surface area (Å²) in [5.41, 5.74) is 0. The first-order chi connectivity index (χ1) is 6.80. The molecular formula is C8H15N5O. The summed E-state index contributed by atoms with van der Waals surface area (Å²) in [6, 6.07) is 0.343. The minimum Gasteiger partial charge on any atom is -0.463 e. The third-order valence-electron chi connectivity index (χ3n) is 1.50. The monoisotopic (exact) mass is 197 g/mol. The molecule has 0 aliphatic carbocycles. The van der Waals surface area contributed by atoms with Crippen molar-refractivity contribution in [3.63, 3.8) is 0 Å². The van der Waals surface area contributed by atoms with Gasteiger partial charge in [-0.05, 0) is 6.42 Å². The lowest BCUT2D eigenvalue weighted by Gasteiger charge is -2.06. The van der Waals surface area contributed by atoms with Gasteiger partial charge in [-0.25, -0.2) is 0 Å². The molecule has 1 aromatic rings. The van der Waals surface area contributed by atoms with Crippen molar-refractivity contribution in [2.45, 2.75) is 13.3 Å². The van der Waals surface area contributed by atoms with Crippen LogP contribution in [0.3, 0.4) is 0 Å². The molecule has 14 heavy (non-hydrogen) atoms. The zero-order valence-electron chi connectivity index (χ0n) is 8.66. The number of hydrogen-bond acceptors (Lipinski definition) is 6. The molecule has 6 nitrogen and oxygen atoms in total. The van der Waals surface area contributed by atoms with Crippen LogP contribution in [0, 0.1) is 0 Å². The molecule has 1 heterocycles. The Morgan fingerprint density at radius 3 is 2.07 bits per heavy atom. The Balaban J connectivity index is 2.81. The molecule has 1 aromatic heterocycles. The number of anilines is 2. The van der Waals surface area contributed by atoms with Crippen LogP contribution in [0.4, 0.5) is 11.9 Å². The number of hydrogen-bond donors (Lipinski definition) is 2. The predicted molar refractivity (Wildman–Crippen MR) is 54.7 cm³/mol. The molecule has 2 N–H and O–H groups in total. The first-order valence-electron chi connectivity index (χ1n) is 4.54. The molecular weight excluding hydrogens is 182 g/mol. The molecule has 0 amide bonds. The van der Waals surface area contributed by atoms with E-state index in [1.54, 1.807) is 14.1 Å². The maximum Gasteiger partial charge on any atom is 0.323 e. The molecule has 6 heteroatoms. The SMILES string of the molecule is CCCOc1nc(NC)nc(NC)n1. The molecule has 78 valence electrons. The predicted octanol–water partition coefficient (Wildman–Crippen LogP) is 0.744. The molecule has 0 bridgehead atoms. The van der Waals surface area contributed by atoms with E-state index in [1.807, 2.05) is 6.92 Å². The minimum atomic E-state index is 0.343. The standard InChI is InChI=1S/C8H15N5O/c1-4-5-14-8-12-6(9-2)11-7(10-3)13-8/h4-5H2,1-3H3,(H2,9,10,11,12,13). The van der Waals surface area contributed by atoms with Crippen molar-refractivity contribution in [3.8, 4) is 6.01 Å². The van der Waals surface area contributed by atoms with E-state index in [1.165, 1.54) is 0 Å². The summed E-state index contributed by atoms with van der Waals surface area (Å²) < 4.78 is 5.30. The van der Waals surface area contributed by atoms with E-state index < -0.39 is 0 Å². The highest BCUT2D eigenvalue weighted by Gasteiger charge is 2.04. The van der Waals surface area contributed by atoms with E-state index in [0.717, 1.165) is 6.42 Å². The van der Waals surface area contributed by atoms with Gasteiger partial charge in [0.25, 0.3) is 0 Å². The van der Waals surface area contributed by atoms with Crippen molar-refractivity contribution in [2.24, 2.45) is 0 Å². The smallest absolute Gasteiger partial charge is 0.323 e. The molecule has 1 rings (SSSR count). The maximum absolute atomic E-state index is 5.30.